The lowest BCUT2D eigenvalue weighted by Gasteiger charge is -2.25. The van der Waals surface area contributed by atoms with Gasteiger partial charge >= 0.3 is 0 Å². The molecule has 0 aliphatic heterocycles. The van der Waals surface area contributed by atoms with Crippen LogP contribution in [-0.4, -0.2) is 28.1 Å². The van der Waals surface area contributed by atoms with E-state index >= 15 is 0 Å². The Balaban J connectivity index is 3.01. The van der Waals surface area contributed by atoms with Crippen LogP contribution in [0.1, 0.15) is 30.6 Å². The Morgan fingerprint density at radius 2 is 2.16 bits per heavy atom. The van der Waals surface area contributed by atoms with Crippen molar-refractivity contribution in [1.29, 1.82) is 0 Å². The second-order valence-corrected chi connectivity index (χ2v) is 5.09. The molecule has 104 valence electrons. The van der Waals surface area contributed by atoms with Crippen LogP contribution in [-0.2, 0) is 0 Å². The van der Waals surface area contributed by atoms with E-state index < -0.39 is 16.4 Å². The van der Waals surface area contributed by atoms with Gasteiger partial charge in [-0.25, -0.2) is 0 Å². The summed E-state index contributed by atoms with van der Waals surface area (Å²) in [6.45, 7) is 3.41. The molecule has 2 N–H and O–H groups in total. The van der Waals surface area contributed by atoms with Gasteiger partial charge in [-0.15, -0.1) is 0 Å². The average Bonchev–Trinajstić information content (AvgIpc) is 2.27. The second kappa shape index (κ2) is 5.99. The minimum atomic E-state index is -0.641. The number of nitro groups is 1. The van der Waals surface area contributed by atoms with Crippen LogP contribution in [0.2, 0.25) is 5.02 Å². The number of benzene rings is 1. The van der Waals surface area contributed by atoms with Crippen molar-refractivity contribution in [3.05, 3.63) is 38.9 Å². The highest BCUT2D eigenvalue weighted by molar-refractivity contribution is 6.35. The molecule has 0 spiro atoms. The first-order valence-electron chi connectivity index (χ1n) is 5.65. The number of aliphatic hydroxyl groups is 1. The zero-order valence-electron chi connectivity index (χ0n) is 10.6. The largest absolute Gasteiger partial charge is 0.396 e. The molecule has 0 aliphatic rings. The number of hydrogen-bond acceptors (Lipinski definition) is 4. The molecule has 7 heteroatoms. The highest BCUT2D eigenvalue weighted by Crippen LogP contribution is 2.28. The van der Waals surface area contributed by atoms with Crippen molar-refractivity contribution in [1.82, 2.24) is 5.32 Å². The Hall–Kier alpha value is -1.66. The van der Waals surface area contributed by atoms with Crippen molar-refractivity contribution in [2.24, 2.45) is 0 Å². The molecule has 1 aromatic carbocycles. The third kappa shape index (κ3) is 3.90. The lowest BCUT2D eigenvalue weighted by atomic mass is 10.0. The van der Waals surface area contributed by atoms with E-state index in [1.807, 2.05) is 0 Å². The smallest absolute Gasteiger partial charge is 0.288 e. The van der Waals surface area contributed by atoms with Gasteiger partial charge < -0.3 is 10.4 Å². The Bertz CT molecular complexity index is 503. The van der Waals surface area contributed by atoms with Gasteiger partial charge in [0.15, 0.2) is 0 Å². The van der Waals surface area contributed by atoms with Gasteiger partial charge in [0.2, 0.25) is 0 Å². The monoisotopic (exact) mass is 286 g/mol. The van der Waals surface area contributed by atoms with E-state index in [9.17, 15) is 14.9 Å². The molecule has 0 heterocycles. The quantitative estimate of drug-likeness (QED) is 0.640. The van der Waals surface area contributed by atoms with Gasteiger partial charge in [-0.1, -0.05) is 17.7 Å². The lowest BCUT2D eigenvalue weighted by molar-refractivity contribution is -0.384. The van der Waals surface area contributed by atoms with Crippen molar-refractivity contribution >= 4 is 23.2 Å². The molecular weight excluding hydrogens is 272 g/mol. The van der Waals surface area contributed by atoms with Gasteiger partial charge in [0.25, 0.3) is 11.6 Å². The second-order valence-electron chi connectivity index (χ2n) is 4.71. The van der Waals surface area contributed by atoms with Gasteiger partial charge in [0.1, 0.15) is 5.02 Å². The summed E-state index contributed by atoms with van der Waals surface area (Å²) in [6.07, 6.45) is 0.366. The normalized spacial score (nSPS) is 11.2. The summed E-state index contributed by atoms with van der Waals surface area (Å²) < 4.78 is 0. The maximum Gasteiger partial charge on any atom is 0.288 e. The van der Waals surface area contributed by atoms with Crippen molar-refractivity contribution in [2.45, 2.75) is 25.8 Å². The van der Waals surface area contributed by atoms with E-state index in [1.165, 1.54) is 18.2 Å². The Morgan fingerprint density at radius 1 is 1.53 bits per heavy atom. The summed E-state index contributed by atoms with van der Waals surface area (Å²) in [5.74, 6) is -0.507. The highest BCUT2D eigenvalue weighted by atomic mass is 35.5. The summed E-state index contributed by atoms with van der Waals surface area (Å²) in [5, 5.41) is 22.1. The van der Waals surface area contributed by atoms with Crippen LogP contribution >= 0.6 is 11.6 Å². The van der Waals surface area contributed by atoms with Crippen LogP contribution in [0, 0.1) is 10.1 Å². The summed E-state index contributed by atoms with van der Waals surface area (Å²) in [7, 11) is 0. The van der Waals surface area contributed by atoms with Crippen LogP contribution in [0.4, 0.5) is 5.69 Å². The standard InChI is InChI=1S/C12H15ClN2O4/c1-12(2,6-7-16)14-11(17)8-4-3-5-9(10(8)13)15(18)19/h3-5,16H,6-7H2,1-2H3,(H,14,17). The number of rotatable bonds is 5. The van der Waals surface area contributed by atoms with E-state index in [0.29, 0.717) is 6.42 Å². The maximum absolute atomic E-state index is 12.0. The first-order valence-corrected chi connectivity index (χ1v) is 6.02. The molecule has 0 bridgehead atoms. The Labute approximate surface area is 115 Å². The van der Waals surface area contributed by atoms with Crippen LogP contribution in [0.5, 0.6) is 0 Å². The molecule has 0 fully saturated rings. The minimum Gasteiger partial charge on any atom is -0.396 e. The molecule has 19 heavy (non-hydrogen) atoms. The predicted octanol–water partition coefficient (Wildman–Crippen LogP) is 2.14. The molecular formula is C12H15ClN2O4. The van der Waals surface area contributed by atoms with Gasteiger partial charge in [0, 0.05) is 18.2 Å². The van der Waals surface area contributed by atoms with E-state index in [2.05, 4.69) is 5.32 Å². The third-order valence-electron chi connectivity index (χ3n) is 2.61. The molecule has 0 saturated heterocycles. The molecule has 6 nitrogen and oxygen atoms in total. The van der Waals surface area contributed by atoms with Gasteiger partial charge in [-0.05, 0) is 26.3 Å². The molecule has 0 saturated carbocycles. The molecule has 1 amide bonds. The number of nitrogens with one attached hydrogen (secondary N) is 1. The number of amides is 1. The van der Waals surface area contributed by atoms with Crippen molar-refractivity contribution in [2.75, 3.05) is 6.61 Å². The van der Waals surface area contributed by atoms with Crippen LogP contribution in [0.25, 0.3) is 0 Å². The first kappa shape index (κ1) is 15.4. The Morgan fingerprint density at radius 3 is 2.68 bits per heavy atom. The molecule has 0 aliphatic carbocycles. The molecule has 0 aromatic heterocycles. The van der Waals surface area contributed by atoms with Crippen LogP contribution < -0.4 is 5.32 Å². The number of aliphatic hydroxyl groups excluding tert-OH is 1. The molecule has 0 unspecified atom stereocenters. The fourth-order valence-corrected chi connectivity index (χ4v) is 1.83. The number of halogens is 1. The summed E-state index contributed by atoms with van der Waals surface area (Å²) >= 11 is 5.85. The van der Waals surface area contributed by atoms with E-state index in [1.54, 1.807) is 13.8 Å². The number of carbonyl (C=O) groups excluding carboxylic acids is 1. The fourth-order valence-electron chi connectivity index (χ4n) is 1.55. The van der Waals surface area contributed by atoms with Crippen molar-refractivity contribution in [3.63, 3.8) is 0 Å². The number of nitro benzene ring substituents is 1. The van der Waals surface area contributed by atoms with Gasteiger partial charge in [-0.2, -0.15) is 0 Å². The number of carbonyl (C=O) groups is 1. The SMILES string of the molecule is CC(C)(CCO)NC(=O)c1cccc([N+](=O)[O-])c1Cl. The topological polar surface area (TPSA) is 92.5 Å². The number of hydrogen-bond donors (Lipinski definition) is 2. The number of nitrogens with zero attached hydrogens (tertiary/aromatic N) is 1. The van der Waals surface area contributed by atoms with Gasteiger partial charge in [0.05, 0.1) is 10.5 Å². The first-order chi connectivity index (χ1) is 8.78. The molecule has 1 rings (SSSR count). The maximum atomic E-state index is 12.0. The Kier molecular flexibility index (Phi) is 4.85. The van der Waals surface area contributed by atoms with E-state index in [4.69, 9.17) is 16.7 Å². The lowest BCUT2D eigenvalue weighted by Crippen LogP contribution is -2.44. The highest BCUT2D eigenvalue weighted by Gasteiger charge is 2.24. The van der Waals surface area contributed by atoms with Crippen LogP contribution in [0.3, 0.4) is 0 Å². The summed E-state index contributed by atoms with van der Waals surface area (Å²) in [5.41, 5.74) is -0.893. The van der Waals surface area contributed by atoms with Gasteiger partial charge in [-0.3, -0.25) is 14.9 Å². The fraction of sp³-hybridized carbons (Fsp3) is 0.417. The summed E-state index contributed by atoms with van der Waals surface area (Å²) in [4.78, 5) is 22.1. The molecule has 0 atom stereocenters. The zero-order chi connectivity index (χ0) is 14.6. The summed E-state index contributed by atoms with van der Waals surface area (Å²) in [6, 6.07) is 4.05. The van der Waals surface area contributed by atoms with E-state index in [0.717, 1.165) is 0 Å². The van der Waals surface area contributed by atoms with Crippen LogP contribution in [0.15, 0.2) is 18.2 Å². The minimum absolute atomic E-state index is 0.0434. The zero-order valence-corrected chi connectivity index (χ0v) is 11.4. The average molecular weight is 287 g/mol. The third-order valence-corrected chi connectivity index (χ3v) is 3.01. The molecule has 1 aromatic rings. The molecule has 0 radical (unpaired) electrons. The van der Waals surface area contributed by atoms with Crippen molar-refractivity contribution in [3.8, 4) is 0 Å². The van der Waals surface area contributed by atoms with E-state index in [-0.39, 0.29) is 22.9 Å². The van der Waals surface area contributed by atoms with Crippen molar-refractivity contribution < 1.29 is 14.8 Å². The predicted molar refractivity (Wildman–Crippen MR) is 71.4 cm³/mol.